The van der Waals surface area contributed by atoms with E-state index in [2.05, 4.69) is 9.72 Å². The molecule has 0 radical (unpaired) electrons. The highest BCUT2D eigenvalue weighted by Crippen LogP contribution is 2.36. The highest BCUT2D eigenvalue weighted by Gasteiger charge is 2.58. The van der Waals surface area contributed by atoms with Gasteiger partial charge in [-0.15, -0.1) is 0 Å². The van der Waals surface area contributed by atoms with Gasteiger partial charge in [0.05, 0.1) is 5.69 Å². The van der Waals surface area contributed by atoms with E-state index in [1.807, 2.05) is 0 Å². The summed E-state index contributed by atoms with van der Waals surface area (Å²) in [6.07, 6.45) is -5.66. The molecule has 0 unspecified atom stereocenters. The van der Waals surface area contributed by atoms with Gasteiger partial charge in [0.25, 0.3) is 0 Å². The average Bonchev–Trinajstić information content (AvgIpc) is 2.18. The molecule has 0 aliphatic rings. The van der Waals surface area contributed by atoms with Crippen LogP contribution in [0.1, 0.15) is 5.69 Å². The van der Waals surface area contributed by atoms with Crippen molar-refractivity contribution < 1.29 is 26.7 Å². The standard InChI is InChI=1S/C9H9F5N2O/c1-5-2-3-6(15)7(16-5)17-4-8(10,11)9(12,13)14/h2-3H,4,15H2,1H3. The number of anilines is 1. The highest BCUT2D eigenvalue weighted by molar-refractivity contribution is 5.48. The molecule has 0 aliphatic carbocycles. The van der Waals surface area contributed by atoms with E-state index in [1.165, 1.54) is 19.1 Å². The van der Waals surface area contributed by atoms with E-state index in [1.54, 1.807) is 0 Å². The zero-order valence-electron chi connectivity index (χ0n) is 8.68. The molecule has 0 spiro atoms. The summed E-state index contributed by atoms with van der Waals surface area (Å²) < 4.78 is 64.9. The minimum atomic E-state index is -5.66. The summed E-state index contributed by atoms with van der Waals surface area (Å²) in [6.45, 7) is -0.328. The molecule has 2 N–H and O–H groups in total. The predicted molar refractivity (Wildman–Crippen MR) is 49.9 cm³/mol. The number of nitrogens with two attached hydrogens (primary N) is 1. The molecule has 1 aromatic rings. The molecule has 3 nitrogen and oxygen atoms in total. The van der Waals surface area contributed by atoms with Crippen LogP contribution in [0.5, 0.6) is 5.88 Å². The fourth-order valence-electron chi connectivity index (χ4n) is 0.900. The molecule has 0 aliphatic heterocycles. The maximum Gasteiger partial charge on any atom is 0.456 e. The van der Waals surface area contributed by atoms with Gasteiger partial charge in [0.15, 0.2) is 6.61 Å². The van der Waals surface area contributed by atoms with Crippen LogP contribution in [0.3, 0.4) is 0 Å². The number of ether oxygens (including phenoxy) is 1. The van der Waals surface area contributed by atoms with Crippen LogP contribution in [0.4, 0.5) is 27.6 Å². The first kappa shape index (κ1) is 13.5. The second kappa shape index (κ2) is 4.34. The zero-order valence-corrected chi connectivity index (χ0v) is 8.68. The van der Waals surface area contributed by atoms with E-state index in [-0.39, 0.29) is 5.69 Å². The summed E-state index contributed by atoms with van der Waals surface area (Å²) in [5.74, 6) is -5.38. The van der Waals surface area contributed by atoms with Gasteiger partial charge >= 0.3 is 12.1 Å². The maximum absolute atomic E-state index is 12.5. The van der Waals surface area contributed by atoms with Crippen LogP contribution in [-0.4, -0.2) is 23.7 Å². The zero-order chi connectivity index (χ0) is 13.3. The molecular weight excluding hydrogens is 247 g/mol. The summed E-state index contributed by atoms with van der Waals surface area (Å²) >= 11 is 0. The lowest BCUT2D eigenvalue weighted by atomic mass is 10.3. The third-order valence-corrected chi connectivity index (χ3v) is 1.83. The molecule has 0 atom stereocenters. The lowest BCUT2D eigenvalue weighted by molar-refractivity contribution is -0.290. The number of rotatable bonds is 3. The normalized spacial score (nSPS) is 12.6. The van der Waals surface area contributed by atoms with Gasteiger partial charge in [-0.1, -0.05) is 0 Å². The fourth-order valence-corrected chi connectivity index (χ4v) is 0.900. The van der Waals surface area contributed by atoms with Crippen molar-refractivity contribution in [2.45, 2.75) is 19.0 Å². The quantitative estimate of drug-likeness (QED) is 0.845. The molecule has 0 amide bonds. The molecular formula is C9H9F5N2O. The lowest BCUT2D eigenvalue weighted by Gasteiger charge is -2.19. The van der Waals surface area contributed by atoms with Crippen LogP contribution in [-0.2, 0) is 0 Å². The van der Waals surface area contributed by atoms with Gasteiger partial charge < -0.3 is 10.5 Å². The molecule has 17 heavy (non-hydrogen) atoms. The van der Waals surface area contributed by atoms with Gasteiger partial charge in [0.1, 0.15) is 0 Å². The Morgan fingerprint density at radius 2 is 1.82 bits per heavy atom. The van der Waals surface area contributed by atoms with E-state index in [0.717, 1.165) is 0 Å². The largest absolute Gasteiger partial charge is 0.469 e. The second-order valence-corrected chi connectivity index (χ2v) is 3.34. The van der Waals surface area contributed by atoms with Crippen molar-refractivity contribution in [3.05, 3.63) is 17.8 Å². The van der Waals surface area contributed by atoms with E-state index in [9.17, 15) is 22.0 Å². The van der Waals surface area contributed by atoms with E-state index < -0.39 is 24.6 Å². The van der Waals surface area contributed by atoms with E-state index in [4.69, 9.17) is 5.73 Å². The van der Waals surface area contributed by atoms with Crippen molar-refractivity contribution >= 4 is 5.69 Å². The molecule has 96 valence electrons. The average molecular weight is 256 g/mol. The summed E-state index contributed by atoms with van der Waals surface area (Å²) in [6, 6.07) is 2.79. The number of nitrogen functional groups attached to an aromatic ring is 1. The first-order chi connectivity index (χ1) is 7.63. The summed E-state index contributed by atoms with van der Waals surface area (Å²) in [4.78, 5) is 3.61. The lowest BCUT2D eigenvalue weighted by Crippen LogP contribution is -2.41. The monoisotopic (exact) mass is 256 g/mol. The number of aryl methyl sites for hydroxylation is 1. The third kappa shape index (κ3) is 3.18. The third-order valence-electron chi connectivity index (χ3n) is 1.83. The van der Waals surface area contributed by atoms with Crippen LogP contribution in [0.15, 0.2) is 12.1 Å². The van der Waals surface area contributed by atoms with Crippen LogP contribution in [0.25, 0.3) is 0 Å². The predicted octanol–water partition coefficient (Wildman–Crippen LogP) is 2.55. The van der Waals surface area contributed by atoms with Gasteiger partial charge in [-0.2, -0.15) is 22.0 Å². The van der Waals surface area contributed by atoms with Crippen LogP contribution >= 0.6 is 0 Å². The van der Waals surface area contributed by atoms with Crippen molar-refractivity contribution in [3.63, 3.8) is 0 Å². The summed E-state index contributed by atoms with van der Waals surface area (Å²) in [7, 11) is 0. The van der Waals surface area contributed by atoms with Crippen molar-refractivity contribution in [1.82, 2.24) is 4.98 Å². The smallest absolute Gasteiger partial charge is 0.456 e. The Labute approximate surface area is 93.4 Å². The number of alkyl halides is 5. The highest BCUT2D eigenvalue weighted by atomic mass is 19.4. The number of hydrogen-bond acceptors (Lipinski definition) is 3. The Balaban J connectivity index is 2.77. The van der Waals surface area contributed by atoms with Gasteiger partial charge in [-0.3, -0.25) is 0 Å². The number of aromatic nitrogens is 1. The topological polar surface area (TPSA) is 48.1 Å². The fraction of sp³-hybridized carbons (Fsp3) is 0.444. The molecule has 0 saturated carbocycles. The second-order valence-electron chi connectivity index (χ2n) is 3.34. The van der Waals surface area contributed by atoms with Crippen LogP contribution in [0.2, 0.25) is 0 Å². The van der Waals surface area contributed by atoms with Crippen LogP contribution < -0.4 is 10.5 Å². The molecule has 1 heterocycles. The SMILES string of the molecule is Cc1ccc(N)c(OCC(F)(F)C(F)(F)F)n1. The molecule has 8 heteroatoms. The number of halogens is 5. The van der Waals surface area contributed by atoms with Crippen molar-refractivity contribution in [1.29, 1.82) is 0 Å². The van der Waals surface area contributed by atoms with E-state index >= 15 is 0 Å². The minimum Gasteiger partial charge on any atom is -0.469 e. The van der Waals surface area contributed by atoms with Crippen molar-refractivity contribution in [2.75, 3.05) is 12.3 Å². The molecule has 0 saturated heterocycles. The Morgan fingerprint density at radius 1 is 1.24 bits per heavy atom. The number of hydrogen-bond donors (Lipinski definition) is 1. The Hall–Kier alpha value is -1.60. The van der Waals surface area contributed by atoms with E-state index in [0.29, 0.717) is 5.69 Å². The number of nitrogens with zero attached hydrogens (tertiary/aromatic N) is 1. The summed E-state index contributed by atoms with van der Waals surface area (Å²) in [5, 5.41) is 0. The first-order valence-corrected chi connectivity index (χ1v) is 4.44. The van der Waals surface area contributed by atoms with Gasteiger partial charge in [0.2, 0.25) is 5.88 Å². The molecule has 0 aromatic carbocycles. The van der Waals surface area contributed by atoms with Gasteiger partial charge in [-0.25, -0.2) is 4.98 Å². The maximum atomic E-state index is 12.5. The Bertz CT molecular complexity index is 405. The molecule has 1 rings (SSSR count). The Morgan fingerprint density at radius 3 is 2.35 bits per heavy atom. The van der Waals surface area contributed by atoms with Gasteiger partial charge in [0, 0.05) is 5.69 Å². The molecule has 1 aromatic heterocycles. The minimum absolute atomic E-state index is 0.103. The Kier molecular flexibility index (Phi) is 3.44. The van der Waals surface area contributed by atoms with Crippen molar-refractivity contribution in [3.8, 4) is 5.88 Å². The van der Waals surface area contributed by atoms with Crippen molar-refractivity contribution in [2.24, 2.45) is 0 Å². The number of pyridine rings is 1. The molecule has 0 fully saturated rings. The van der Waals surface area contributed by atoms with Crippen LogP contribution in [0, 0.1) is 6.92 Å². The molecule has 0 bridgehead atoms. The first-order valence-electron chi connectivity index (χ1n) is 4.44. The van der Waals surface area contributed by atoms with Gasteiger partial charge in [-0.05, 0) is 19.1 Å². The summed E-state index contributed by atoms with van der Waals surface area (Å²) in [5.41, 5.74) is 5.60.